The molecule has 0 fully saturated rings. The fraction of sp³-hybridized carbons (Fsp3) is 0.231. The Bertz CT molecular complexity index is 806. The van der Waals surface area contributed by atoms with Crippen molar-refractivity contribution in [2.45, 2.75) is 18.7 Å². The molecule has 2 heterocycles. The summed E-state index contributed by atoms with van der Waals surface area (Å²) in [4.78, 5) is 7.04. The van der Waals surface area contributed by atoms with Crippen molar-refractivity contribution in [3.05, 3.63) is 60.5 Å². The Morgan fingerprint density at radius 2 is 1.91 bits per heavy atom. The second-order valence-electron chi connectivity index (χ2n) is 4.94. The maximum atomic E-state index is 14.1. The SMILES string of the molecule is OC(Cn1cncn1)(Cn1ncnc1F)c1ccc(F)cc1F. The first-order valence-electron chi connectivity index (χ1n) is 6.51. The summed E-state index contributed by atoms with van der Waals surface area (Å²) in [5, 5.41) is 18.4. The van der Waals surface area contributed by atoms with Gasteiger partial charge in [0, 0.05) is 11.6 Å². The molecule has 1 atom stereocenters. The van der Waals surface area contributed by atoms with Crippen LogP contribution in [-0.2, 0) is 18.7 Å². The van der Waals surface area contributed by atoms with Gasteiger partial charge < -0.3 is 5.11 Å². The number of hydrogen-bond donors (Lipinski definition) is 1. The van der Waals surface area contributed by atoms with Crippen molar-refractivity contribution in [3.63, 3.8) is 0 Å². The lowest BCUT2D eigenvalue weighted by Gasteiger charge is -2.28. The Morgan fingerprint density at radius 1 is 1.09 bits per heavy atom. The molecule has 7 nitrogen and oxygen atoms in total. The molecule has 23 heavy (non-hydrogen) atoms. The highest BCUT2D eigenvalue weighted by Gasteiger charge is 2.35. The van der Waals surface area contributed by atoms with Crippen LogP contribution in [0.2, 0.25) is 0 Å². The van der Waals surface area contributed by atoms with E-state index in [0.29, 0.717) is 6.07 Å². The number of halogens is 3. The fourth-order valence-electron chi connectivity index (χ4n) is 2.27. The van der Waals surface area contributed by atoms with Crippen molar-refractivity contribution in [3.8, 4) is 0 Å². The molecule has 0 saturated heterocycles. The normalized spacial score (nSPS) is 13.9. The average Bonchev–Trinajstić information content (AvgIpc) is 3.11. The molecule has 0 radical (unpaired) electrons. The number of nitrogens with zero attached hydrogens (tertiary/aromatic N) is 6. The van der Waals surface area contributed by atoms with Gasteiger partial charge in [0.15, 0.2) is 0 Å². The fourth-order valence-corrected chi connectivity index (χ4v) is 2.27. The molecule has 0 aliphatic heterocycles. The van der Waals surface area contributed by atoms with Crippen LogP contribution in [0.15, 0.2) is 37.2 Å². The monoisotopic (exact) mass is 324 g/mol. The van der Waals surface area contributed by atoms with E-state index in [1.807, 2.05) is 0 Å². The van der Waals surface area contributed by atoms with Crippen LogP contribution in [-0.4, -0.2) is 34.6 Å². The zero-order valence-corrected chi connectivity index (χ0v) is 11.6. The quantitative estimate of drug-likeness (QED) is 0.753. The molecule has 0 amide bonds. The third-order valence-corrected chi connectivity index (χ3v) is 3.30. The standard InChI is InChI=1S/C13H11F3N6O/c14-9-1-2-10(11(15)3-9)13(23,4-21-8-17-6-19-21)5-22-12(16)18-7-20-22/h1-3,6-8,23H,4-5H2. The van der Waals surface area contributed by atoms with Crippen LogP contribution in [0, 0.1) is 17.7 Å². The Hall–Kier alpha value is -2.75. The summed E-state index contributed by atoms with van der Waals surface area (Å²) >= 11 is 0. The molecule has 0 bridgehead atoms. The van der Waals surface area contributed by atoms with Crippen molar-refractivity contribution in [1.29, 1.82) is 0 Å². The van der Waals surface area contributed by atoms with Crippen molar-refractivity contribution < 1.29 is 18.3 Å². The smallest absolute Gasteiger partial charge is 0.307 e. The highest BCUT2D eigenvalue weighted by Crippen LogP contribution is 2.28. The van der Waals surface area contributed by atoms with Crippen LogP contribution in [0.5, 0.6) is 0 Å². The zero-order chi connectivity index (χ0) is 16.4. The maximum absolute atomic E-state index is 14.1. The van der Waals surface area contributed by atoms with Crippen molar-refractivity contribution >= 4 is 0 Å². The van der Waals surface area contributed by atoms with E-state index in [1.54, 1.807) is 0 Å². The van der Waals surface area contributed by atoms with Crippen LogP contribution in [0.4, 0.5) is 13.2 Å². The van der Waals surface area contributed by atoms with E-state index < -0.39 is 29.9 Å². The minimum atomic E-state index is -1.94. The first-order valence-corrected chi connectivity index (χ1v) is 6.51. The van der Waals surface area contributed by atoms with Crippen LogP contribution in [0.1, 0.15) is 5.56 Å². The highest BCUT2D eigenvalue weighted by atomic mass is 19.1. The zero-order valence-electron chi connectivity index (χ0n) is 11.6. The van der Waals surface area contributed by atoms with Crippen molar-refractivity contribution in [2.75, 3.05) is 0 Å². The Labute approximate surface area is 128 Å². The molecule has 1 aromatic carbocycles. The van der Waals surface area contributed by atoms with E-state index in [9.17, 15) is 18.3 Å². The van der Waals surface area contributed by atoms with Crippen LogP contribution < -0.4 is 0 Å². The predicted octanol–water partition coefficient (Wildman–Crippen LogP) is 0.875. The number of aliphatic hydroxyl groups is 1. The summed E-state index contributed by atoms with van der Waals surface area (Å²) < 4.78 is 42.8. The van der Waals surface area contributed by atoms with Gasteiger partial charge in [0.05, 0.1) is 13.1 Å². The first-order chi connectivity index (χ1) is 11.0. The van der Waals surface area contributed by atoms with Crippen LogP contribution in [0.25, 0.3) is 0 Å². The summed E-state index contributed by atoms with van der Waals surface area (Å²) in [6.07, 6.45) is 2.57. The molecule has 120 valence electrons. The van der Waals surface area contributed by atoms with E-state index in [0.717, 1.165) is 23.1 Å². The maximum Gasteiger partial charge on any atom is 0.307 e. The van der Waals surface area contributed by atoms with Gasteiger partial charge in [0.25, 0.3) is 0 Å². The van der Waals surface area contributed by atoms with Gasteiger partial charge in [-0.25, -0.2) is 23.1 Å². The van der Waals surface area contributed by atoms with E-state index in [2.05, 4.69) is 20.2 Å². The molecule has 2 aromatic heterocycles. The topological polar surface area (TPSA) is 81.6 Å². The summed E-state index contributed by atoms with van der Waals surface area (Å²) in [5.41, 5.74) is -2.16. The second kappa shape index (κ2) is 5.80. The summed E-state index contributed by atoms with van der Waals surface area (Å²) in [7, 11) is 0. The second-order valence-corrected chi connectivity index (χ2v) is 4.94. The minimum Gasteiger partial charge on any atom is -0.381 e. The van der Waals surface area contributed by atoms with E-state index in [4.69, 9.17) is 0 Å². The lowest BCUT2D eigenvalue weighted by molar-refractivity contribution is -0.0117. The third kappa shape index (κ3) is 3.06. The van der Waals surface area contributed by atoms with E-state index >= 15 is 0 Å². The van der Waals surface area contributed by atoms with Crippen molar-refractivity contribution in [2.24, 2.45) is 0 Å². The van der Waals surface area contributed by atoms with Gasteiger partial charge in [0.2, 0.25) is 0 Å². The molecular formula is C13H11F3N6O. The molecule has 1 N–H and O–H groups in total. The van der Waals surface area contributed by atoms with Gasteiger partial charge in [0.1, 0.15) is 36.2 Å². The van der Waals surface area contributed by atoms with Gasteiger partial charge >= 0.3 is 6.08 Å². The Morgan fingerprint density at radius 3 is 2.52 bits per heavy atom. The molecule has 10 heteroatoms. The number of hydrogen-bond acceptors (Lipinski definition) is 5. The van der Waals surface area contributed by atoms with Gasteiger partial charge in [-0.05, 0) is 6.07 Å². The molecule has 1 unspecified atom stereocenters. The van der Waals surface area contributed by atoms with E-state index in [-0.39, 0.29) is 12.1 Å². The molecule has 0 spiro atoms. The Balaban J connectivity index is 2.03. The summed E-state index contributed by atoms with van der Waals surface area (Å²) in [6, 6.07) is 2.73. The van der Waals surface area contributed by atoms with Crippen LogP contribution in [0.3, 0.4) is 0 Å². The molecule has 0 aliphatic rings. The molecule has 3 aromatic rings. The molecule has 0 saturated carbocycles. The first kappa shape index (κ1) is 15.2. The lowest BCUT2D eigenvalue weighted by Crippen LogP contribution is -2.38. The average molecular weight is 324 g/mol. The molecule has 3 rings (SSSR count). The largest absolute Gasteiger partial charge is 0.381 e. The van der Waals surface area contributed by atoms with Gasteiger partial charge in [-0.2, -0.15) is 19.6 Å². The van der Waals surface area contributed by atoms with Crippen LogP contribution >= 0.6 is 0 Å². The van der Waals surface area contributed by atoms with Gasteiger partial charge in [-0.15, -0.1) is 0 Å². The third-order valence-electron chi connectivity index (χ3n) is 3.30. The summed E-state index contributed by atoms with van der Waals surface area (Å²) in [5.74, 6) is -1.76. The number of benzene rings is 1. The number of rotatable bonds is 5. The summed E-state index contributed by atoms with van der Waals surface area (Å²) in [6.45, 7) is -0.684. The predicted molar refractivity (Wildman–Crippen MR) is 70.3 cm³/mol. The highest BCUT2D eigenvalue weighted by molar-refractivity contribution is 5.25. The molecule has 0 aliphatic carbocycles. The van der Waals surface area contributed by atoms with Crippen molar-refractivity contribution in [1.82, 2.24) is 29.5 Å². The minimum absolute atomic E-state index is 0.218. The van der Waals surface area contributed by atoms with E-state index in [1.165, 1.54) is 17.3 Å². The number of aromatic nitrogens is 6. The lowest BCUT2D eigenvalue weighted by atomic mass is 9.93. The Kier molecular flexibility index (Phi) is 3.82. The van der Waals surface area contributed by atoms with Gasteiger partial charge in [-0.1, -0.05) is 6.07 Å². The van der Waals surface area contributed by atoms with Gasteiger partial charge in [-0.3, -0.25) is 0 Å². The molecular weight excluding hydrogens is 313 g/mol.